The van der Waals surface area contributed by atoms with Crippen molar-refractivity contribution in [3.05, 3.63) is 41.7 Å². The number of rotatable bonds is 6. The molecule has 0 saturated heterocycles. The summed E-state index contributed by atoms with van der Waals surface area (Å²) in [6.45, 7) is 6.87. The van der Waals surface area contributed by atoms with Gasteiger partial charge in [0, 0.05) is 18.4 Å². The summed E-state index contributed by atoms with van der Waals surface area (Å²) in [5, 5.41) is 12.2. The fraction of sp³-hybridized carbons (Fsp3) is 0.300. The summed E-state index contributed by atoms with van der Waals surface area (Å²) in [6, 6.07) is 5.87. The van der Waals surface area contributed by atoms with E-state index in [2.05, 4.69) is 20.5 Å². The maximum Gasteiger partial charge on any atom is 0.234 e. The molecule has 0 unspecified atom stereocenters. The Morgan fingerprint density at radius 2 is 2.07 bits per heavy atom. The number of carbonyl (C=O) groups is 1. The number of fused-ring (bicyclic) bond motifs is 1. The van der Waals surface area contributed by atoms with Gasteiger partial charge in [-0.3, -0.25) is 9.78 Å². The van der Waals surface area contributed by atoms with E-state index in [1.165, 1.54) is 17.3 Å². The lowest BCUT2D eigenvalue weighted by Crippen LogP contribution is -2.14. The molecule has 0 atom stereocenters. The van der Waals surface area contributed by atoms with E-state index in [1.54, 1.807) is 12.4 Å². The molecule has 1 aromatic carbocycles. The number of amides is 1. The molecule has 3 aromatic rings. The van der Waals surface area contributed by atoms with Crippen molar-refractivity contribution in [3.63, 3.8) is 0 Å². The Balaban J connectivity index is 1.48. The van der Waals surface area contributed by atoms with Gasteiger partial charge in [0.1, 0.15) is 0 Å². The molecule has 3 heterocycles. The van der Waals surface area contributed by atoms with E-state index in [0.29, 0.717) is 29.0 Å². The highest BCUT2D eigenvalue weighted by Gasteiger charge is 2.24. The van der Waals surface area contributed by atoms with Crippen LogP contribution in [0.15, 0.2) is 35.7 Å². The van der Waals surface area contributed by atoms with Crippen molar-refractivity contribution in [2.75, 3.05) is 17.9 Å². The molecular formula is C20H21N5O3S. The predicted octanol–water partition coefficient (Wildman–Crippen LogP) is 3.44. The van der Waals surface area contributed by atoms with Crippen molar-refractivity contribution >= 4 is 23.4 Å². The first-order valence-corrected chi connectivity index (χ1v) is 10.2. The third kappa shape index (κ3) is 3.91. The van der Waals surface area contributed by atoms with Crippen LogP contribution < -0.4 is 14.8 Å². The van der Waals surface area contributed by atoms with Gasteiger partial charge in [0.25, 0.3) is 0 Å². The van der Waals surface area contributed by atoms with E-state index >= 15 is 0 Å². The number of benzene rings is 1. The summed E-state index contributed by atoms with van der Waals surface area (Å²) in [5.41, 5.74) is 3.85. The van der Waals surface area contributed by atoms with Crippen LogP contribution in [0.1, 0.15) is 18.1 Å². The van der Waals surface area contributed by atoms with Gasteiger partial charge in [-0.2, -0.15) is 0 Å². The van der Waals surface area contributed by atoms with Gasteiger partial charge in [0.15, 0.2) is 22.5 Å². The number of nitrogens with one attached hydrogen (secondary N) is 1. The van der Waals surface area contributed by atoms with E-state index in [1.807, 2.05) is 43.5 Å². The number of carbonyl (C=O) groups excluding carboxylic acids is 1. The number of aromatic nitrogens is 4. The van der Waals surface area contributed by atoms with Crippen LogP contribution in [-0.2, 0) is 11.3 Å². The first-order chi connectivity index (χ1) is 14.1. The minimum absolute atomic E-state index is 0.0931. The zero-order chi connectivity index (χ0) is 20.4. The second kappa shape index (κ2) is 8.12. The Hall–Kier alpha value is -3.07. The van der Waals surface area contributed by atoms with Gasteiger partial charge in [-0.15, -0.1) is 10.2 Å². The first kappa shape index (κ1) is 19.3. The maximum absolute atomic E-state index is 12.4. The molecule has 150 valence electrons. The number of thioether (sulfide) groups is 1. The zero-order valence-electron chi connectivity index (χ0n) is 16.4. The molecule has 0 aliphatic carbocycles. The second-order valence-corrected chi connectivity index (χ2v) is 7.55. The average molecular weight is 411 g/mol. The van der Waals surface area contributed by atoms with Crippen molar-refractivity contribution in [2.24, 2.45) is 0 Å². The van der Waals surface area contributed by atoms with Crippen LogP contribution in [0.3, 0.4) is 0 Å². The number of pyridine rings is 1. The molecule has 0 bridgehead atoms. The summed E-state index contributed by atoms with van der Waals surface area (Å²) >= 11 is 1.34. The Kier molecular flexibility index (Phi) is 5.39. The smallest absolute Gasteiger partial charge is 0.234 e. The summed E-state index contributed by atoms with van der Waals surface area (Å²) in [7, 11) is 0. The highest BCUT2D eigenvalue weighted by molar-refractivity contribution is 7.99. The number of hydrogen-bond acceptors (Lipinski definition) is 7. The van der Waals surface area contributed by atoms with E-state index in [9.17, 15) is 4.79 Å². The topological polar surface area (TPSA) is 91.2 Å². The lowest BCUT2D eigenvalue weighted by Gasteiger charge is -2.09. The molecule has 0 spiro atoms. The van der Waals surface area contributed by atoms with Crippen LogP contribution in [0.4, 0.5) is 5.69 Å². The van der Waals surface area contributed by atoms with Gasteiger partial charge in [0.2, 0.25) is 12.7 Å². The quantitative estimate of drug-likeness (QED) is 0.621. The fourth-order valence-electron chi connectivity index (χ4n) is 3.02. The Morgan fingerprint density at radius 3 is 2.86 bits per heavy atom. The molecule has 4 rings (SSSR count). The lowest BCUT2D eigenvalue weighted by molar-refractivity contribution is -0.113. The number of anilines is 1. The highest BCUT2D eigenvalue weighted by atomic mass is 32.2. The van der Waals surface area contributed by atoms with Crippen LogP contribution in [0.2, 0.25) is 0 Å². The minimum Gasteiger partial charge on any atom is -0.453 e. The Bertz CT molecular complexity index is 1070. The molecular weight excluding hydrogens is 390 g/mol. The number of aryl methyl sites for hydroxylation is 2. The minimum atomic E-state index is -0.0931. The van der Waals surface area contributed by atoms with Crippen LogP contribution in [0.25, 0.3) is 11.4 Å². The average Bonchev–Trinajstić information content (AvgIpc) is 3.35. The van der Waals surface area contributed by atoms with Crippen LogP contribution >= 0.6 is 11.8 Å². The molecule has 8 nitrogen and oxygen atoms in total. The largest absolute Gasteiger partial charge is 0.453 e. The monoisotopic (exact) mass is 411 g/mol. The molecule has 1 aliphatic heterocycles. The van der Waals surface area contributed by atoms with Gasteiger partial charge in [-0.25, -0.2) is 0 Å². The number of ether oxygens (including phenoxy) is 2. The van der Waals surface area contributed by atoms with Gasteiger partial charge in [-0.05, 0) is 44.0 Å². The van der Waals surface area contributed by atoms with Crippen molar-refractivity contribution < 1.29 is 14.3 Å². The summed E-state index contributed by atoms with van der Waals surface area (Å²) in [4.78, 5) is 16.6. The van der Waals surface area contributed by atoms with Gasteiger partial charge in [0.05, 0.1) is 17.5 Å². The van der Waals surface area contributed by atoms with Crippen LogP contribution in [0.5, 0.6) is 11.5 Å². The highest BCUT2D eigenvalue weighted by Crippen LogP contribution is 2.40. The van der Waals surface area contributed by atoms with Gasteiger partial charge >= 0.3 is 0 Å². The maximum atomic E-state index is 12.4. The third-order valence-corrected chi connectivity index (χ3v) is 5.65. The molecule has 1 aliphatic rings. The molecule has 1 amide bonds. The van der Waals surface area contributed by atoms with E-state index in [0.717, 1.165) is 16.8 Å². The molecule has 2 aromatic heterocycles. The molecule has 1 N–H and O–H groups in total. The summed E-state index contributed by atoms with van der Waals surface area (Å²) < 4.78 is 12.9. The van der Waals surface area contributed by atoms with E-state index in [4.69, 9.17) is 9.47 Å². The van der Waals surface area contributed by atoms with E-state index in [-0.39, 0.29) is 18.5 Å². The van der Waals surface area contributed by atoms with Crippen LogP contribution in [0, 0.1) is 13.8 Å². The third-order valence-electron chi connectivity index (χ3n) is 4.68. The number of nitrogens with zero attached hydrogens (tertiary/aromatic N) is 4. The van der Waals surface area contributed by atoms with Crippen LogP contribution in [-0.4, -0.2) is 38.2 Å². The standard InChI is InChI=1S/C20H21N5O3S/c1-4-25-19(15-8-21-9-16-18(15)28-11-27-16)23-24-20(25)29-10-17(26)22-14-6-5-12(2)13(3)7-14/h5-9H,4,10-11H2,1-3H3,(H,22,26). The lowest BCUT2D eigenvalue weighted by atomic mass is 10.1. The van der Waals surface area contributed by atoms with Gasteiger partial charge in [-0.1, -0.05) is 17.8 Å². The Labute approximate surface area is 172 Å². The normalized spacial score (nSPS) is 12.2. The number of hydrogen-bond donors (Lipinski definition) is 1. The van der Waals surface area contributed by atoms with Gasteiger partial charge < -0.3 is 19.4 Å². The predicted molar refractivity (Wildman–Crippen MR) is 110 cm³/mol. The van der Waals surface area contributed by atoms with E-state index < -0.39 is 0 Å². The second-order valence-electron chi connectivity index (χ2n) is 6.61. The van der Waals surface area contributed by atoms with Crippen molar-refractivity contribution in [1.82, 2.24) is 19.7 Å². The Morgan fingerprint density at radius 1 is 1.21 bits per heavy atom. The molecule has 0 radical (unpaired) electrons. The molecule has 9 heteroatoms. The molecule has 0 fully saturated rings. The van der Waals surface area contributed by atoms with Crippen molar-refractivity contribution in [1.29, 1.82) is 0 Å². The molecule has 0 saturated carbocycles. The summed E-state index contributed by atoms with van der Waals surface area (Å²) in [5.74, 6) is 1.99. The first-order valence-electron chi connectivity index (χ1n) is 9.24. The van der Waals surface area contributed by atoms with Crippen molar-refractivity contribution in [3.8, 4) is 22.9 Å². The zero-order valence-corrected chi connectivity index (χ0v) is 17.2. The SMILES string of the molecule is CCn1c(SCC(=O)Nc2ccc(C)c(C)c2)nnc1-c1cncc2c1OCO2. The summed E-state index contributed by atoms with van der Waals surface area (Å²) in [6.07, 6.45) is 3.30. The fourth-order valence-corrected chi connectivity index (χ4v) is 3.82. The van der Waals surface area contributed by atoms with Crippen molar-refractivity contribution in [2.45, 2.75) is 32.5 Å². The molecule has 29 heavy (non-hydrogen) atoms.